The van der Waals surface area contributed by atoms with Crippen LogP contribution in [-0.2, 0) is 4.74 Å². The normalized spacial score (nSPS) is 22.2. The Balaban J connectivity index is 1.83. The molecule has 0 aromatic carbocycles. The lowest BCUT2D eigenvalue weighted by Crippen LogP contribution is -2.30. The highest BCUT2D eigenvalue weighted by Gasteiger charge is 2.12. The van der Waals surface area contributed by atoms with Crippen LogP contribution in [0.2, 0.25) is 0 Å². The number of rotatable bonds is 7. The minimum Gasteiger partial charge on any atom is -0.381 e. The molecular formula is C12H26N2O. The summed E-state index contributed by atoms with van der Waals surface area (Å²) in [7, 11) is 4.26. The zero-order chi connectivity index (χ0) is 10.9. The molecule has 1 N–H and O–H groups in total. The van der Waals surface area contributed by atoms with Gasteiger partial charge < -0.3 is 15.0 Å². The first-order chi connectivity index (χ1) is 7.29. The zero-order valence-corrected chi connectivity index (χ0v) is 10.3. The molecule has 0 amide bonds. The number of ether oxygens (including phenoxy) is 1. The second-order valence-corrected chi connectivity index (χ2v) is 4.80. The SMILES string of the molecule is CN(C)CCCCNCC1CCCOC1. The monoisotopic (exact) mass is 214 g/mol. The van der Waals surface area contributed by atoms with Crippen LogP contribution < -0.4 is 5.32 Å². The maximum absolute atomic E-state index is 5.45. The van der Waals surface area contributed by atoms with E-state index in [0.717, 1.165) is 32.2 Å². The minimum atomic E-state index is 0.757. The molecule has 1 unspecified atom stereocenters. The zero-order valence-electron chi connectivity index (χ0n) is 10.3. The van der Waals surface area contributed by atoms with Crippen LogP contribution >= 0.6 is 0 Å². The van der Waals surface area contributed by atoms with E-state index in [1.54, 1.807) is 0 Å². The molecule has 1 saturated heterocycles. The van der Waals surface area contributed by atoms with E-state index < -0.39 is 0 Å². The van der Waals surface area contributed by atoms with Crippen molar-refractivity contribution in [1.82, 2.24) is 10.2 Å². The first-order valence-electron chi connectivity index (χ1n) is 6.22. The summed E-state index contributed by atoms with van der Waals surface area (Å²) < 4.78 is 5.45. The van der Waals surface area contributed by atoms with E-state index >= 15 is 0 Å². The summed E-state index contributed by atoms with van der Waals surface area (Å²) in [6.45, 7) is 5.44. The summed E-state index contributed by atoms with van der Waals surface area (Å²) in [5, 5.41) is 3.53. The average molecular weight is 214 g/mol. The summed E-state index contributed by atoms with van der Waals surface area (Å²) >= 11 is 0. The van der Waals surface area contributed by atoms with Crippen LogP contribution in [0.25, 0.3) is 0 Å². The van der Waals surface area contributed by atoms with Crippen molar-refractivity contribution in [2.24, 2.45) is 5.92 Å². The summed E-state index contributed by atoms with van der Waals surface area (Å²) in [6.07, 6.45) is 5.16. The second kappa shape index (κ2) is 8.08. The van der Waals surface area contributed by atoms with E-state index in [1.165, 1.54) is 32.2 Å². The third-order valence-corrected chi connectivity index (χ3v) is 2.90. The van der Waals surface area contributed by atoms with E-state index in [-0.39, 0.29) is 0 Å². The third kappa shape index (κ3) is 6.88. The number of hydrogen-bond donors (Lipinski definition) is 1. The van der Waals surface area contributed by atoms with Crippen molar-refractivity contribution in [3.05, 3.63) is 0 Å². The molecule has 3 nitrogen and oxygen atoms in total. The molecular weight excluding hydrogens is 188 g/mol. The minimum absolute atomic E-state index is 0.757. The van der Waals surface area contributed by atoms with Gasteiger partial charge in [0.05, 0.1) is 6.61 Å². The largest absolute Gasteiger partial charge is 0.381 e. The van der Waals surface area contributed by atoms with Crippen LogP contribution in [0, 0.1) is 5.92 Å². The van der Waals surface area contributed by atoms with Gasteiger partial charge in [-0.3, -0.25) is 0 Å². The molecule has 1 rings (SSSR count). The summed E-state index contributed by atoms with van der Waals surface area (Å²) in [5.74, 6) is 0.757. The lowest BCUT2D eigenvalue weighted by molar-refractivity contribution is 0.0549. The summed E-state index contributed by atoms with van der Waals surface area (Å²) in [5.41, 5.74) is 0. The Kier molecular flexibility index (Phi) is 6.98. The highest BCUT2D eigenvalue weighted by atomic mass is 16.5. The molecule has 15 heavy (non-hydrogen) atoms. The molecule has 1 aliphatic rings. The van der Waals surface area contributed by atoms with Gasteiger partial charge in [0.25, 0.3) is 0 Å². The Bertz CT molecular complexity index is 145. The molecule has 0 spiro atoms. The fourth-order valence-corrected chi connectivity index (χ4v) is 1.95. The van der Waals surface area contributed by atoms with Crippen LogP contribution in [0.4, 0.5) is 0 Å². The van der Waals surface area contributed by atoms with Gasteiger partial charge in [0.2, 0.25) is 0 Å². The maximum Gasteiger partial charge on any atom is 0.0506 e. The predicted octanol–water partition coefficient (Wildman–Crippen LogP) is 1.34. The van der Waals surface area contributed by atoms with Crippen LogP contribution in [0.5, 0.6) is 0 Å². The second-order valence-electron chi connectivity index (χ2n) is 4.80. The first-order valence-corrected chi connectivity index (χ1v) is 6.22. The average Bonchev–Trinajstić information content (AvgIpc) is 2.24. The number of unbranched alkanes of at least 4 members (excludes halogenated alkanes) is 1. The molecule has 1 heterocycles. The Morgan fingerprint density at radius 2 is 2.20 bits per heavy atom. The lowest BCUT2D eigenvalue weighted by atomic mass is 10.0. The lowest BCUT2D eigenvalue weighted by Gasteiger charge is -2.22. The first kappa shape index (κ1) is 12.9. The van der Waals surface area contributed by atoms with E-state index in [0.29, 0.717) is 0 Å². The van der Waals surface area contributed by atoms with Crippen LogP contribution in [0.1, 0.15) is 25.7 Å². The fraction of sp³-hybridized carbons (Fsp3) is 1.00. The molecule has 1 atom stereocenters. The third-order valence-electron chi connectivity index (χ3n) is 2.90. The van der Waals surface area contributed by atoms with E-state index in [9.17, 15) is 0 Å². The van der Waals surface area contributed by atoms with Crippen molar-refractivity contribution in [2.75, 3.05) is 46.9 Å². The van der Waals surface area contributed by atoms with Crippen molar-refractivity contribution in [3.8, 4) is 0 Å². The number of hydrogen-bond acceptors (Lipinski definition) is 3. The molecule has 1 fully saturated rings. The van der Waals surface area contributed by atoms with Gasteiger partial charge >= 0.3 is 0 Å². The van der Waals surface area contributed by atoms with Crippen LogP contribution in [-0.4, -0.2) is 51.8 Å². The van der Waals surface area contributed by atoms with Gasteiger partial charge in [-0.05, 0) is 58.8 Å². The van der Waals surface area contributed by atoms with Gasteiger partial charge in [-0.1, -0.05) is 0 Å². The van der Waals surface area contributed by atoms with Gasteiger partial charge in [0, 0.05) is 13.2 Å². The smallest absolute Gasteiger partial charge is 0.0506 e. The fourth-order valence-electron chi connectivity index (χ4n) is 1.95. The highest BCUT2D eigenvalue weighted by Crippen LogP contribution is 2.11. The van der Waals surface area contributed by atoms with E-state index in [4.69, 9.17) is 4.74 Å². The van der Waals surface area contributed by atoms with Gasteiger partial charge in [-0.15, -0.1) is 0 Å². The van der Waals surface area contributed by atoms with Crippen molar-refractivity contribution < 1.29 is 4.74 Å². The van der Waals surface area contributed by atoms with Crippen molar-refractivity contribution >= 4 is 0 Å². The Morgan fingerprint density at radius 3 is 2.87 bits per heavy atom. The molecule has 1 aliphatic heterocycles. The Hall–Kier alpha value is -0.120. The van der Waals surface area contributed by atoms with E-state index in [1.807, 2.05) is 0 Å². The van der Waals surface area contributed by atoms with Gasteiger partial charge in [-0.25, -0.2) is 0 Å². The van der Waals surface area contributed by atoms with Crippen molar-refractivity contribution in [2.45, 2.75) is 25.7 Å². The predicted molar refractivity (Wildman–Crippen MR) is 64.2 cm³/mol. The number of nitrogens with one attached hydrogen (secondary N) is 1. The van der Waals surface area contributed by atoms with Crippen molar-refractivity contribution in [3.63, 3.8) is 0 Å². The maximum atomic E-state index is 5.45. The van der Waals surface area contributed by atoms with Gasteiger partial charge in [0.15, 0.2) is 0 Å². The van der Waals surface area contributed by atoms with Gasteiger partial charge in [-0.2, -0.15) is 0 Å². The molecule has 0 bridgehead atoms. The van der Waals surface area contributed by atoms with Crippen molar-refractivity contribution in [1.29, 1.82) is 0 Å². The molecule has 0 aliphatic carbocycles. The Labute approximate surface area is 94.2 Å². The van der Waals surface area contributed by atoms with Crippen LogP contribution in [0.15, 0.2) is 0 Å². The summed E-state index contributed by atoms with van der Waals surface area (Å²) in [4.78, 5) is 2.25. The highest BCUT2D eigenvalue weighted by molar-refractivity contribution is 4.65. The quantitative estimate of drug-likeness (QED) is 0.647. The standard InChI is InChI=1S/C12H26N2O/c1-14(2)8-4-3-7-13-10-12-6-5-9-15-11-12/h12-13H,3-11H2,1-2H3. The molecule has 0 aromatic rings. The molecule has 0 saturated carbocycles. The van der Waals surface area contributed by atoms with Gasteiger partial charge in [0.1, 0.15) is 0 Å². The van der Waals surface area contributed by atoms with Crippen LogP contribution in [0.3, 0.4) is 0 Å². The molecule has 90 valence electrons. The molecule has 0 radical (unpaired) electrons. The summed E-state index contributed by atoms with van der Waals surface area (Å²) in [6, 6.07) is 0. The van der Waals surface area contributed by atoms with E-state index in [2.05, 4.69) is 24.3 Å². The molecule has 3 heteroatoms. The topological polar surface area (TPSA) is 24.5 Å². The molecule has 0 aromatic heterocycles. The Morgan fingerprint density at radius 1 is 1.33 bits per heavy atom. The number of nitrogens with zero attached hydrogens (tertiary/aromatic N) is 1.